The van der Waals surface area contributed by atoms with Crippen LogP contribution in [-0.2, 0) is 4.79 Å². The highest BCUT2D eigenvalue weighted by Crippen LogP contribution is 2.28. The zero-order valence-electron chi connectivity index (χ0n) is 44.2. The van der Waals surface area contributed by atoms with Crippen molar-refractivity contribution in [3.63, 3.8) is 0 Å². The number of carbonyl (C=O) groups is 3. The number of hydrogen-bond donors (Lipinski definition) is 1. The highest BCUT2D eigenvalue weighted by molar-refractivity contribution is 5.78. The molecule has 16 heteroatoms. The van der Waals surface area contributed by atoms with Crippen LogP contribution in [0.25, 0.3) is 22.9 Å². The second-order valence-corrected chi connectivity index (χ2v) is 17.1. The van der Waals surface area contributed by atoms with Gasteiger partial charge in [0.05, 0.1) is 26.3 Å². The molecule has 0 radical (unpaired) electrons. The summed E-state index contributed by atoms with van der Waals surface area (Å²) in [5.74, 6) is 16.4. The number of methoxy groups -OCH3 is 2. The normalized spacial score (nSPS) is 11.1. The van der Waals surface area contributed by atoms with E-state index in [0.29, 0.717) is 75.5 Å². The van der Waals surface area contributed by atoms with Gasteiger partial charge in [0.1, 0.15) is 65.8 Å². The highest BCUT2D eigenvalue weighted by Gasteiger charge is 2.26. The molecule has 0 bridgehead atoms. The van der Waals surface area contributed by atoms with Gasteiger partial charge in [-0.2, -0.15) is 0 Å². The summed E-state index contributed by atoms with van der Waals surface area (Å²) in [6.45, 7) is 9.56. The second-order valence-electron chi connectivity index (χ2n) is 17.1. The molecule has 0 aliphatic carbocycles. The van der Waals surface area contributed by atoms with Crippen molar-refractivity contribution < 1.29 is 56.7 Å². The topological polar surface area (TPSA) is 185 Å². The number of rotatable bonds is 17. The summed E-state index contributed by atoms with van der Waals surface area (Å²) in [4.78, 5) is 48.9. The Kier molecular flexibility index (Phi) is 19.7. The number of benzene rings is 6. The molecular weight excluding hydrogens is 993 g/mol. The number of amides is 2. The lowest BCUT2D eigenvalue weighted by atomic mass is 10.1. The molecule has 78 heavy (non-hydrogen) atoms. The van der Waals surface area contributed by atoms with Crippen LogP contribution in [0.1, 0.15) is 66.9 Å². The maximum absolute atomic E-state index is 12.8. The number of carbonyl (C=O) groups excluding carboxylic acids is 2. The molecule has 0 saturated heterocycles. The van der Waals surface area contributed by atoms with Gasteiger partial charge in [0.25, 0.3) is 0 Å². The van der Waals surface area contributed by atoms with Crippen molar-refractivity contribution in [2.75, 3.05) is 40.5 Å². The third-order valence-electron chi connectivity index (χ3n) is 12.0. The summed E-state index contributed by atoms with van der Waals surface area (Å²) >= 11 is 0. The fourth-order valence-corrected chi connectivity index (χ4v) is 7.63. The van der Waals surface area contributed by atoms with E-state index >= 15 is 0 Å². The molecule has 0 saturated carbocycles. The number of carboxylic acid groups (broad SMARTS) is 1. The molecule has 0 fully saturated rings. The van der Waals surface area contributed by atoms with E-state index < -0.39 is 30.7 Å². The third kappa shape index (κ3) is 15.6. The van der Waals surface area contributed by atoms with Crippen LogP contribution >= 0.6 is 0 Å². The SMILES string of the molecule is CCN(C(=O)Oc1ccc(OC)cc1)[C@H](C)c1ccc(OCC#Cc2nc(-c3ccccc3)oc2C)cc1.COc1ccc(OC(=O)N(CC(=O)O)[C@H](C)c2ccc(OCC#Cc3nc(-c4ccccc4)oc3C)cc2)cc1. The first-order chi connectivity index (χ1) is 37.8. The van der Waals surface area contributed by atoms with Crippen molar-refractivity contribution in [3.8, 4) is 81.1 Å². The smallest absolute Gasteiger partial charge is 0.416 e. The number of aromatic nitrogens is 2. The summed E-state index contributed by atoms with van der Waals surface area (Å²) < 4.78 is 44.2. The lowest BCUT2D eigenvalue weighted by Crippen LogP contribution is -2.39. The van der Waals surface area contributed by atoms with Crippen molar-refractivity contribution in [2.24, 2.45) is 0 Å². The summed E-state index contributed by atoms with van der Waals surface area (Å²) in [5, 5.41) is 9.38. The van der Waals surface area contributed by atoms with E-state index in [0.717, 1.165) is 21.6 Å². The Balaban J connectivity index is 0.000000226. The molecule has 16 nitrogen and oxygen atoms in total. The average Bonchev–Trinajstić information content (AvgIpc) is 4.04. The van der Waals surface area contributed by atoms with Gasteiger partial charge in [0, 0.05) is 17.7 Å². The minimum atomic E-state index is -1.16. The van der Waals surface area contributed by atoms with E-state index in [-0.39, 0.29) is 25.0 Å². The quantitative estimate of drug-likeness (QED) is 0.0849. The number of hydrogen-bond acceptors (Lipinski definition) is 13. The van der Waals surface area contributed by atoms with Gasteiger partial charge in [-0.3, -0.25) is 9.69 Å². The fourth-order valence-electron chi connectivity index (χ4n) is 7.63. The maximum atomic E-state index is 12.8. The van der Waals surface area contributed by atoms with Gasteiger partial charge in [-0.25, -0.2) is 19.6 Å². The molecule has 398 valence electrons. The van der Waals surface area contributed by atoms with E-state index in [1.54, 1.807) is 91.7 Å². The predicted molar refractivity (Wildman–Crippen MR) is 293 cm³/mol. The summed E-state index contributed by atoms with van der Waals surface area (Å²) in [7, 11) is 3.12. The molecular formula is C62H58N4O12. The van der Waals surface area contributed by atoms with Gasteiger partial charge in [-0.1, -0.05) is 72.5 Å². The lowest BCUT2D eigenvalue weighted by Gasteiger charge is -2.27. The van der Waals surface area contributed by atoms with Crippen LogP contribution in [-0.4, -0.2) is 83.6 Å². The van der Waals surface area contributed by atoms with Gasteiger partial charge in [0.15, 0.2) is 11.4 Å². The molecule has 2 amide bonds. The molecule has 8 rings (SSSR count). The fraction of sp³-hybridized carbons (Fsp3) is 0.210. The third-order valence-corrected chi connectivity index (χ3v) is 12.0. The molecule has 1 N–H and O–H groups in total. The molecule has 8 aromatic rings. The molecule has 2 aromatic heterocycles. The summed E-state index contributed by atoms with van der Waals surface area (Å²) in [5.41, 5.74) is 4.59. The first-order valence-electron chi connectivity index (χ1n) is 24.8. The molecule has 2 atom stereocenters. The van der Waals surface area contributed by atoms with Gasteiger partial charge in [-0.05, 0) is 155 Å². The van der Waals surface area contributed by atoms with Gasteiger partial charge in [0.2, 0.25) is 11.8 Å². The number of nitrogens with zero attached hydrogens (tertiary/aromatic N) is 4. The Labute approximate surface area is 453 Å². The van der Waals surface area contributed by atoms with Gasteiger partial charge in [-0.15, -0.1) is 0 Å². The summed E-state index contributed by atoms with van der Waals surface area (Å²) in [6, 6.07) is 46.5. The Morgan fingerprint density at radius 2 is 0.885 bits per heavy atom. The van der Waals surface area contributed by atoms with Crippen molar-refractivity contribution in [3.05, 3.63) is 192 Å². The van der Waals surface area contributed by atoms with E-state index in [2.05, 4.69) is 33.6 Å². The van der Waals surface area contributed by atoms with E-state index in [4.69, 9.17) is 37.3 Å². The molecule has 0 spiro atoms. The predicted octanol–water partition coefficient (Wildman–Crippen LogP) is 12.4. The minimum Gasteiger partial charge on any atom is -0.497 e. The zero-order valence-corrected chi connectivity index (χ0v) is 44.2. The number of ether oxygens (including phenoxy) is 6. The van der Waals surface area contributed by atoms with Gasteiger partial charge >= 0.3 is 18.2 Å². The first kappa shape index (κ1) is 55.8. The largest absolute Gasteiger partial charge is 0.497 e. The lowest BCUT2D eigenvalue weighted by molar-refractivity contribution is -0.138. The Bertz CT molecular complexity index is 3360. The monoisotopic (exact) mass is 1050 g/mol. The Morgan fingerprint density at radius 3 is 1.26 bits per heavy atom. The van der Waals surface area contributed by atoms with Crippen molar-refractivity contribution in [1.29, 1.82) is 0 Å². The van der Waals surface area contributed by atoms with Crippen LogP contribution in [0, 0.1) is 37.5 Å². The molecule has 0 aliphatic rings. The standard InChI is InChI=1S/C31H28N2O7.C31H30N2O5/c1-21(33(20-29(34)35)31(36)40-27-17-15-25(37-3)16-18-27)23-11-13-26(14-12-23)38-19-7-10-28-22(2)39-30(32-28)24-8-5-4-6-9-24;1-5-33(31(34)38-28-19-17-26(35-4)18-20-28)22(2)24-13-15-27(16-14-24)36-21-9-12-29-23(3)37-30(32-29)25-10-7-6-8-11-25/h4-6,8-9,11-18,21H,19-20H2,1-3H3,(H,34,35);6-8,10-11,13-20,22H,5,21H2,1-4H3/t21-;22-/m11/s1. The molecule has 0 aliphatic heterocycles. The van der Waals surface area contributed by atoms with Crippen molar-refractivity contribution in [2.45, 2.75) is 46.7 Å². The van der Waals surface area contributed by atoms with Crippen LogP contribution < -0.4 is 28.4 Å². The minimum absolute atomic E-state index is 0.126. The van der Waals surface area contributed by atoms with E-state index in [9.17, 15) is 19.5 Å². The Hall–Kier alpha value is -9.93. The maximum Gasteiger partial charge on any atom is 0.416 e. The zero-order chi connectivity index (χ0) is 55.4. The van der Waals surface area contributed by atoms with Gasteiger partial charge < -0.3 is 47.3 Å². The number of carboxylic acids is 1. The number of oxazole rings is 2. The highest BCUT2D eigenvalue weighted by atomic mass is 16.6. The first-order valence-corrected chi connectivity index (χ1v) is 24.8. The van der Waals surface area contributed by atoms with Crippen molar-refractivity contribution in [1.82, 2.24) is 19.8 Å². The second kappa shape index (κ2) is 27.6. The number of aliphatic carboxylic acids is 1. The summed E-state index contributed by atoms with van der Waals surface area (Å²) in [6.07, 6.45) is -1.20. The molecule has 6 aromatic carbocycles. The van der Waals surface area contributed by atoms with Crippen LogP contribution in [0.3, 0.4) is 0 Å². The van der Waals surface area contributed by atoms with E-state index in [1.165, 1.54) is 7.11 Å². The number of aryl methyl sites for hydroxylation is 2. The van der Waals surface area contributed by atoms with E-state index in [1.807, 2.05) is 113 Å². The van der Waals surface area contributed by atoms with Crippen LogP contribution in [0.2, 0.25) is 0 Å². The molecule has 2 heterocycles. The Morgan fingerprint density at radius 1 is 0.526 bits per heavy atom. The van der Waals surface area contributed by atoms with Crippen LogP contribution in [0.5, 0.6) is 34.5 Å². The molecule has 0 unspecified atom stereocenters. The average molecular weight is 1050 g/mol. The van der Waals surface area contributed by atoms with Crippen LogP contribution in [0.15, 0.2) is 167 Å². The van der Waals surface area contributed by atoms with Crippen molar-refractivity contribution >= 4 is 18.2 Å². The van der Waals surface area contributed by atoms with Crippen LogP contribution in [0.4, 0.5) is 9.59 Å².